The molecule has 2 aromatic carbocycles. The van der Waals surface area contributed by atoms with E-state index in [9.17, 15) is 14.5 Å². The molecule has 0 aliphatic heterocycles. The summed E-state index contributed by atoms with van der Waals surface area (Å²) in [6, 6.07) is 11.8. The monoisotopic (exact) mass is 272 g/mol. The Bertz CT molecular complexity index is 695. The van der Waals surface area contributed by atoms with Gasteiger partial charge in [-0.15, -0.1) is 0 Å². The molecule has 2 rings (SSSR count). The molecule has 0 spiro atoms. The highest BCUT2D eigenvalue weighted by atomic mass is 19.1. The van der Waals surface area contributed by atoms with E-state index in [-0.39, 0.29) is 29.2 Å². The molecule has 2 aromatic rings. The second kappa shape index (κ2) is 5.80. The minimum Gasteiger partial charge on any atom is -0.489 e. The van der Waals surface area contributed by atoms with Gasteiger partial charge in [-0.1, -0.05) is 18.2 Å². The second-order valence-corrected chi connectivity index (χ2v) is 3.93. The van der Waals surface area contributed by atoms with Gasteiger partial charge in [0.1, 0.15) is 24.2 Å². The van der Waals surface area contributed by atoms with E-state index in [4.69, 9.17) is 10.00 Å². The third-order valence-electron chi connectivity index (χ3n) is 2.62. The van der Waals surface area contributed by atoms with Crippen molar-refractivity contribution >= 4 is 5.69 Å². The van der Waals surface area contributed by atoms with Crippen LogP contribution in [0.4, 0.5) is 10.1 Å². The van der Waals surface area contributed by atoms with Crippen LogP contribution in [-0.4, -0.2) is 4.92 Å². The van der Waals surface area contributed by atoms with Gasteiger partial charge in [-0.2, -0.15) is 5.26 Å². The van der Waals surface area contributed by atoms with Crippen LogP contribution in [0.1, 0.15) is 11.1 Å². The number of nitro groups is 1. The molecule has 0 aliphatic rings. The Hall–Kier alpha value is -2.94. The lowest BCUT2D eigenvalue weighted by atomic mass is 10.1. The van der Waals surface area contributed by atoms with Crippen molar-refractivity contribution in [2.24, 2.45) is 0 Å². The van der Waals surface area contributed by atoms with Crippen molar-refractivity contribution in [1.29, 1.82) is 5.26 Å². The molecule has 0 N–H and O–H groups in total. The van der Waals surface area contributed by atoms with Gasteiger partial charge >= 0.3 is 0 Å². The largest absolute Gasteiger partial charge is 0.489 e. The molecule has 0 heterocycles. The van der Waals surface area contributed by atoms with Crippen LogP contribution in [0, 0.1) is 27.3 Å². The van der Waals surface area contributed by atoms with Crippen LogP contribution in [0.2, 0.25) is 0 Å². The molecule has 0 fully saturated rings. The molecule has 5 nitrogen and oxygen atoms in total. The van der Waals surface area contributed by atoms with Gasteiger partial charge in [0.05, 0.1) is 16.6 Å². The molecule has 0 amide bonds. The minimum absolute atomic E-state index is 0.0647. The van der Waals surface area contributed by atoms with E-state index in [0.29, 0.717) is 0 Å². The number of halogens is 1. The normalized spacial score (nSPS) is 9.80. The molecule has 0 aliphatic carbocycles. The first kappa shape index (κ1) is 13.5. The van der Waals surface area contributed by atoms with Crippen LogP contribution in [0.15, 0.2) is 42.5 Å². The lowest BCUT2D eigenvalue weighted by Gasteiger charge is -2.07. The number of ether oxygens (including phenoxy) is 1. The zero-order valence-electron chi connectivity index (χ0n) is 10.2. The van der Waals surface area contributed by atoms with Gasteiger partial charge in [0.25, 0.3) is 5.69 Å². The Morgan fingerprint density at radius 2 is 2.05 bits per heavy atom. The van der Waals surface area contributed by atoms with Crippen LogP contribution >= 0.6 is 0 Å². The maximum absolute atomic E-state index is 13.8. The first-order chi connectivity index (χ1) is 9.61. The maximum atomic E-state index is 13.8. The van der Waals surface area contributed by atoms with Gasteiger partial charge in [0, 0.05) is 11.6 Å². The van der Waals surface area contributed by atoms with Gasteiger partial charge in [0.15, 0.2) is 0 Å². The number of nitrogens with zero attached hydrogens (tertiary/aromatic N) is 2. The molecule has 0 unspecified atom stereocenters. The highest BCUT2D eigenvalue weighted by molar-refractivity contribution is 5.38. The molecule has 20 heavy (non-hydrogen) atoms. The average Bonchev–Trinajstić information content (AvgIpc) is 2.46. The fourth-order valence-corrected chi connectivity index (χ4v) is 1.63. The summed E-state index contributed by atoms with van der Waals surface area (Å²) >= 11 is 0. The number of nitro benzene ring substituents is 1. The molecule has 0 saturated heterocycles. The Labute approximate surface area is 114 Å². The van der Waals surface area contributed by atoms with E-state index in [2.05, 4.69) is 0 Å². The van der Waals surface area contributed by atoms with E-state index in [1.54, 1.807) is 18.2 Å². The quantitative estimate of drug-likeness (QED) is 0.632. The molecule has 0 atom stereocenters. The third kappa shape index (κ3) is 2.90. The summed E-state index contributed by atoms with van der Waals surface area (Å²) in [6.45, 7) is -0.109. The van der Waals surface area contributed by atoms with Gasteiger partial charge < -0.3 is 4.74 Å². The number of hydrogen-bond donors (Lipinski definition) is 0. The number of nitriles is 1. The van der Waals surface area contributed by atoms with Crippen LogP contribution in [0.3, 0.4) is 0 Å². The Balaban J connectivity index is 2.15. The van der Waals surface area contributed by atoms with Crippen molar-refractivity contribution in [2.45, 2.75) is 6.61 Å². The number of rotatable bonds is 4. The topological polar surface area (TPSA) is 76.2 Å². The van der Waals surface area contributed by atoms with E-state index < -0.39 is 10.7 Å². The van der Waals surface area contributed by atoms with E-state index in [1.807, 2.05) is 0 Å². The fourth-order valence-electron chi connectivity index (χ4n) is 1.63. The SMILES string of the molecule is N#Cc1cccc(COc2cccc([N+](=O)[O-])c2)c1F. The first-order valence-corrected chi connectivity index (χ1v) is 5.66. The lowest BCUT2D eigenvalue weighted by Crippen LogP contribution is -2.00. The smallest absolute Gasteiger partial charge is 0.273 e. The highest BCUT2D eigenvalue weighted by Crippen LogP contribution is 2.21. The fraction of sp³-hybridized carbons (Fsp3) is 0.0714. The van der Waals surface area contributed by atoms with Crippen molar-refractivity contribution in [3.63, 3.8) is 0 Å². The summed E-state index contributed by atoms with van der Waals surface area (Å²) in [4.78, 5) is 10.1. The van der Waals surface area contributed by atoms with Gasteiger partial charge in [0.2, 0.25) is 0 Å². The highest BCUT2D eigenvalue weighted by Gasteiger charge is 2.10. The summed E-state index contributed by atoms with van der Waals surface area (Å²) in [5.74, 6) is -0.374. The van der Waals surface area contributed by atoms with Gasteiger partial charge in [-0.25, -0.2) is 4.39 Å². The molecule has 0 radical (unpaired) electrons. The van der Waals surface area contributed by atoms with Gasteiger partial charge in [-0.05, 0) is 12.1 Å². The van der Waals surface area contributed by atoms with E-state index >= 15 is 0 Å². The Morgan fingerprint density at radius 3 is 2.75 bits per heavy atom. The maximum Gasteiger partial charge on any atom is 0.273 e. The summed E-state index contributed by atoms with van der Waals surface area (Å²) < 4.78 is 19.1. The van der Waals surface area contributed by atoms with Crippen molar-refractivity contribution in [3.05, 3.63) is 69.5 Å². The number of hydrogen-bond acceptors (Lipinski definition) is 4. The standard InChI is InChI=1S/C14H9FN2O3/c15-14-10(8-16)3-1-4-11(14)9-20-13-6-2-5-12(7-13)17(18)19/h1-7H,9H2. The van der Waals surface area contributed by atoms with Crippen LogP contribution < -0.4 is 4.74 Å². The molecule has 0 bridgehead atoms. The molecule has 0 aromatic heterocycles. The lowest BCUT2D eigenvalue weighted by molar-refractivity contribution is -0.384. The molecule has 0 saturated carbocycles. The summed E-state index contributed by atoms with van der Waals surface area (Å²) in [5, 5.41) is 19.3. The molecule has 100 valence electrons. The Morgan fingerprint density at radius 1 is 1.30 bits per heavy atom. The predicted octanol–water partition coefficient (Wildman–Crippen LogP) is 3.18. The zero-order chi connectivity index (χ0) is 14.5. The van der Waals surface area contributed by atoms with Crippen LogP contribution in [0.25, 0.3) is 0 Å². The van der Waals surface area contributed by atoms with Crippen LogP contribution in [-0.2, 0) is 6.61 Å². The van der Waals surface area contributed by atoms with Crippen molar-refractivity contribution < 1.29 is 14.1 Å². The first-order valence-electron chi connectivity index (χ1n) is 5.66. The van der Waals surface area contributed by atoms with Gasteiger partial charge in [-0.3, -0.25) is 10.1 Å². The zero-order valence-corrected chi connectivity index (χ0v) is 10.2. The minimum atomic E-state index is -0.638. The number of benzene rings is 2. The summed E-state index contributed by atoms with van der Waals surface area (Å²) in [7, 11) is 0. The third-order valence-corrected chi connectivity index (χ3v) is 2.62. The van der Waals surface area contributed by atoms with Crippen molar-refractivity contribution in [2.75, 3.05) is 0 Å². The van der Waals surface area contributed by atoms with Crippen molar-refractivity contribution in [3.8, 4) is 11.8 Å². The summed E-state index contributed by atoms with van der Waals surface area (Å²) in [5.41, 5.74) is 0.0504. The predicted molar refractivity (Wildman–Crippen MR) is 68.5 cm³/mol. The van der Waals surface area contributed by atoms with Crippen LogP contribution in [0.5, 0.6) is 5.75 Å². The number of non-ortho nitro benzene ring substituents is 1. The Kier molecular flexibility index (Phi) is 3.91. The van der Waals surface area contributed by atoms with Crippen molar-refractivity contribution in [1.82, 2.24) is 0 Å². The molecule has 6 heteroatoms. The van der Waals surface area contributed by atoms with E-state index in [0.717, 1.165) is 0 Å². The second-order valence-electron chi connectivity index (χ2n) is 3.93. The van der Waals surface area contributed by atoms with E-state index in [1.165, 1.54) is 30.3 Å². The summed E-state index contributed by atoms with van der Waals surface area (Å²) in [6.07, 6.45) is 0. The molecular formula is C14H9FN2O3. The molecular weight excluding hydrogens is 263 g/mol. The average molecular weight is 272 g/mol.